The predicted molar refractivity (Wildman–Crippen MR) is 72.1 cm³/mol. The van der Waals surface area contributed by atoms with Gasteiger partial charge in [0.25, 0.3) is 0 Å². The van der Waals surface area contributed by atoms with E-state index in [1.807, 2.05) is 0 Å². The van der Waals surface area contributed by atoms with E-state index >= 15 is 0 Å². The minimum absolute atomic E-state index is 0.208. The zero-order chi connectivity index (χ0) is 14.3. The van der Waals surface area contributed by atoms with Crippen molar-refractivity contribution in [3.63, 3.8) is 0 Å². The first-order valence-corrected chi connectivity index (χ1v) is 6.60. The van der Waals surface area contributed by atoms with Crippen LogP contribution in [0.25, 0.3) is 5.57 Å². The van der Waals surface area contributed by atoms with Gasteiger partial charge in [0, 0.05) is 6.04 Å². The molecule has 1 N–H and O–H groups in total. The molecule has 106 valence electrons. The number of carboxylic acids is 1. The van der Waals surface area contributed by atoms with Gasteiger partial charge in [-0.1, -0.05) is 12.1 Å². The summed E-state index contributed by atoms with van der Waals surface area (Å²) in [4.78, 5) is 13.1. The summed E-state index contributed by atoms with van der Waals surface area (Å²) in [7, 11) is 2.07. The second-order valence-corrected chi connectivity index (χ2v) is 5.32. The molecule has 0 saturated carbocycles. The molecule has 0 aromatic heterocycles. The van der Waals surface area contributed by atoms with E-state index in [9.17, 15) is 9.18 Å². The third kappa shape index (κ3) is 2.23. The van der Waals surface area contributed by atoms with Crippen molar-refractivity contribution < 1.29 is 19.0 Å². The number of halogens is 1. The molecule has 0 amide bonds. The summed E-state index contributed by atoms with van der Waals surface area (Å²) in [5.74, 6) is -1.92. The average Bonchev–Trinajstić information content (AvgIpc) is 2.37. The normalized spacial score (nSPS) is 26.2. The van der Waals surface area contributed by atoms with Gasteiger partial charge in [0.05, 0.1) is 24.8 Å². The van der Waals surface area contributed by atoms with E-state index in [1.165, 1.54) is 12.1 Å². The second-order valence-electron chi connectivity index (χ2n) is 5.32. The van der Waals surface area contributed by atoms with Crippen LogP contribution in [0.3, 0.4) is 0 Å². The average molecular weight is 277 g/mol. The first kappa shape index (κ1) is 13.3. The molecule has 20 heavy (non-hydrogen) atoms. The Kier molecular flexibility index (Phi) is 3.31. The molecule has 2 heterocycles. The summed E-state index contributed by atoms with van der Waals surface area (Å²) < 4.78 is 19.3. The van der Waals surface area contributed by atoms with Gasteiger partial charge in [-0.3, -0.25) is 4.90 Å². The van der Waals surface area contributed by atoms with E-state index in [2.05, 4.69) is 18.0 Å². The smallest absolute Gasteiger partial charge is 0.338 e. The van der Waals surface area contributed by atoms with Gasteiger partial charge >= 0.3 is 5.97 Å². The van der Waals surface area contributed by atoms with E-state index in [4.69, 9.17) is 9.84 Å². The number of morpholine rings is 1. The summed E-state index contributed by atoms with van der Waals surface area (Å²) in [6.07, 6.45) is 2.88. The molecule has 2 aliphatic rings. The van der Waals surface area contributed by atoms with Gasteiger partial charge in [-0.05, 0) is 36.7 Å². The van der Waals surface area contributed by atoms with Gasteiger partial charge in [-0.25, -0.2) is 9.18 Å². The van der Waals surface area contributed by atoms with Gasteiger partial charge in [-0.2, -0.15) is 0 Å². The molecule has 1 fully saturated rings. The number of hydrogen-bond donors (Lipinski definition) is 1. The number of carboxylic acid groups (broad SMARTS) is 1. The predicted octanol–water partition coefficient (Wildman–Crippen LogP) is 2.01. The molecular formula is C15H16FNO3. The van der Waals surface area contributed by atoms with E-state index < -0.39 is 11.8 Å². The number of hydrogen-bond acceptors (Lipinski definition) is 3. The minimum atomic E-state index is -1.24. The molecule has 1 aromatic rings. The van der Waals surface area contributed by atoms with Crippen LogP contribution < -0.4 is 0 Å². The Balaban J connectivity index is 1.94. The topological polar surface area (TPSA) is 49.8 Å². The van der Waals surface area contributed by atoms with E-state index in [0.29, 0.717) is 19.3 Å². The fraction of sp³-hybridized carbons (Fsp3) is 0.400. The standard InChI is InChI=1S/C15H16FNO3/c1-17-11-4-10(5-12(17)8-20-7-11)9-2-3-13(15(18)19)14(16)6-9/h2-4,6,11-12H,5,7-8H2,1H3,(H,18,19). The van der Waals surface area contributed by atoms with Crippen LogP contribution in [0.4, 0.5) is 4.39 Å². The van der Waals surface area contributed by atoms with Crippen LogP contribution in [-0.2, 0) is 4.74 Å². The number of aromatic carboxylic acids is 1. The molecule has 2 bridgehead atoms. The van der Waals surface area contributed by atoms with Gasteiger partial charge in [0.15, 0.2) is 0 Å². The Hall–Kier alpha value is -1.72. The number of benzene rings is 1. The number of fused-ring (bicyclic) bond motifs is 2. The molecule has 1 saturated heterocycles. The number of carbonyl (C=O) groups is 1. The van der Waals surface area contributed by atoms with E-state index in [0.717, 1.165) is 17.6 Å². The highest BCUT2D eigenvalue weighted by molar-refractivity contribution is 5.88. The molecule has 0 radical (unpaired) electrons. The highest BCUT2D eigenvalue weighted by Gasteiger charge is 2.32. The van der Waals surface area contributed by atoms with Crippen LogP contribution >= 0.6 is 0 Å². The third-order valence-electron chi connectivity index (χ3n) is 4.12. The summed E-state index contributed by atoms with van der Waals surface area (Å²) in [6, 6.07) is 4.84. The zero-order valence-corrected chi connectivity index (χ0v) is 11.2. The minimum Gasteiger partial charge on any atom is -0.478 e. The lowest BCUT2D eigenvalue weighted by atomic mass is 9.90. The Bertz CT molecular complexity index is 584. The molecule has 2 aliphatic heterocycles. The number of likely N-dealkylation sites (N-methyl/N-ethyl adjacent to an activating group) is 1. The maximum Gasteiger partial charge on any atom is 0.338 e. The van der Waals surface area contributed by atoms with Crippen LogP contribution in [0.15, 0.2) is 24.3 Å². The van der Waals surface area contributed by atoms with Crippen LogP contribution in [0.2, 0.25) is 0 Å². The summed E-state index contributed by atoms with van der Waals surface area (Å²) in [6.45, 7) is 1.33. The van der Waals surface area contributed by atoms with Crippen molar-refractivity contribution in [2.75, 3.05) is 20.3 Å². The third-order valence-corrected chi connectivity index (χ3v) is 4.12. The van der Waals surface area contributed by atoms with Crippen molar-refractivity contribution in [1.29, 1.82) is 0 Å². The van der Waals surface area contributed by atoms with Crippen molar-refractivity contribution >= 4 is 11.5 Å². The summed E-state index contributed by atoms with van der Waals surface area (Å²) in [5, 5.41) is 8.86. The lowest BCUT2D eigenvalue weighted by molar-refractivity contribution is -0.0221. The van der Waals surface area contributed by atoms with Crippen molar-refractivity contribution in [2.45, 2.75) is 18.5 Å². The molecule has 0 spiro atoms. The molecule has 2 unspecified atom stereocenters. The quantitative estimate of drug-likeness (QED) is 0.898. The fourth-order valence-electron chi connectivity index (χ4n) is 2.86. The van der Waals surface area contributed by atoms with Gasteiger partial charge in [0.1, 0.15) is 5.82 Å². The molecule has 5 heteroatoms. The SMILES string of the molecule is CN1C2C=C(c3ccc(C(=O)O)c(F)c3)CC1COC2. The van der Waals surface area contributed by atoms with Crippen LogP contribution in [0.5, 0.6) is 0 Å². The molecule has 4 nitrogen and oxygen atoms in total. The van der Waals surface area contributed by atoms with Crippen LogP contribution in [0.1, 0.15) is 22.3 Å². The maximum absolute atomic E-state index is 13.8. The van der Waals surface area contributed by atoms with Gasteiger partial charge < -0.3 is 9.84 Å². The van der Waals surface area contributed by atoms with Crippen molar-refractivity contribution in [3.8, 4) is 0 Å². The second kappa shape index (κ2) is 5.00. The molecule has 0 aliphatic carbocycles. The lowest BCUT2D eigenvalue weighted by Crippen LogP contribution is -2.51. The van der Waals surface area contributed by atoms with E-state index in [1.54, 1.807) is 6.07 Å². The summed E-state index contributed by atoms with van der Waals surface area (Å²) in [5.41, 5.74) is 1.54. The summed E-state index contributed by atoms with van der Waals surface area (Å²) >= 11 is 0. The van der Waals surface area contributed by atoms with Crippen molar-refractivity contribution in [1.82, 2.24) is 4.90 Å². The molecular weight excluding hydrogens is 261 g/mol. The lowest BCUT2D eigenvalue weighted by Gasteiger charge is -2.42. The van der Waals surface area contributed by atoms with Crippen LogP contribution in [-0.4, -0.2) is 48.3 Å². The van der Waals surface area contributed by atoms with E-state index in [-0.39, 0.29) is 11.6 Å². The Morgan fingerprint density at radius 1 is 1.45 bits per heavy atom. The first-order chi connectivity index (χ1) is 9.56. The zero-order valence-electron chi connectivity index (χ0n) is 11.2. The number of nitrogens with zero attached hydrogens (tertiary/aromatic N) is 1. The van der Waals surface area contributed by atoms with Crippen molar-refractivity contribution in [2.24, 2.45) is 0 Å². The largest absolute Gasteiger partial charge is 0.478 e. The van der Waals surface area contributed by atoms with Gasteiger partial charge in [-0.15, -0.1) is 0 Å². The highest BCUT2D eigenvalue weighted by Crippen LogP contribution is 2.32. The molecule has 2 atom stereocenters. The monoisotopic (exact) mass is 277 g/mol. The Morgan fingerprint density at radius 3 is 2.90 bits per heavy atom. The number of rotatable bonds is 2. The molecule has 3 rings (SSSR count). The fourth-order valence-corrected chi connectivity index (χ4v) is 2.86. The Labute approximate surface area is 116 Å². The maximum atomic E-state index is 13.8. The highest BCUT2D eigenvalue weighted by atomic mass is 19.1. The van der Waals surface area contributed by atoms with Gasteiger partial charge in [0.2, 0.25) is 0 Å². The first-order valence-electron chi connectivity index (χ1n) is 6.60. The molecule has 1 aromatic carbocycles. The number of ether oxygens (including phenoxy) is 1. The van der Waals surface area contributed by atoms with Crippen LogP contribution in [0, 0.1) is 5.82 Å². The Morgan fingerprint density at radius 2 is 2.25 bits per heavy atom. The van der Waals surface area contributed by atoms with Crippen molar-refractivity contribution in [3.05, 3.63) is 41.2 Å².